The molecule has 0 heterocycles. The van der Waals surface area contributed by atoms with E-state index in [2.05, 4.69) is 0 Å². The first-order valence-electron chi connectivity index (χ1n) is 5.71. The van der Waals surface area contributed by atoms with Gasteiger partial charge < -0.3 is 5.11 Å². The monoisotopic (exact) mass is 234 g/mol. The van der Waals surface area contributed by atoms with Crippen LogP contribution in [0.15, 0.2) is 12.1 Å². The van der Waals surface area contributed by atoms with Gasteiger partial charge in [-0.15, -0.1) is 0 Å². The fourth-order valence-corrected chi connectivity index (χ4v) is 2.27. The smallest absolute Gasteiger partial charge is 0.318 e. The molecule has 17 heavy (non-hydrogen) atoms. The summed E-state index contributed by atoms with van der Waals surface area (Å²) in [6.07, 6.45) is 0.240. The summed E-state index contributed by atoms with van der Waals surface area (Å²) in [5.41, 5.74) is 3.47. The van der Waals surface area contributed by atoms with Crippen molar-refractivity contribution in [3.63, 3.8) is 0 Å². The van der Waals surface area contributed by atoms with Crippen molar-refractivity contribution < 1.29 is 14.7 Å². The van der Waals surface area contributed by atoms with Gasteiger partial charge in [-0.05, 0) is 37.5 Å². The normalized spacial score (nSPS) is 12.2. The van der Waals surface area contributed by atoms with E-state index in [4.69, 9.17) is 0 Å². The third-order valence-corrected chi connectivity index (χ3v) is 2.94. The van der Waals surface area contributed by atoms with Crippen molar-refractivity contribution in [3.05, 3.63) is 34.4 Å². The Morgan fingerprint density at radius 3 is 2.00 bits per heavy atom. The number of rotatable bonds is 4. The molecule has 1 aromatic rings. The zero-order valence-corrected chi connectivity index (χ0v) is 10.7. The molecule has 3 nitrogen and oxygen atoms in total. The molecule has 0 saturated heterocycles. The SMILES string of the molecule is CCC(=O)C(C(=O)O)c1c(C)cc(C)cc1C. The highest BCUT2D eigenvalue weighted by Crippen LogP contribution is 2.27. The van der Waals surface area contributed by atoms with Gasteiger partial charge in [0.25, 0.3) is 0 Å². The predicted octanol–water partition coefficient (Wildman–Crippen LogP) is 2.76. The minimum absolute atomic E-state index is 0.240. The maximum atomic E-state index is 11.8. The Labute approximate surface area is 101 Å². The molecular formula is C14H18O3. The molecule has 0 radical (unpaired) electrons. The number of hydrogen-bond donors (Lipinski definition) is 1. The number of carbonyl (C=O) groups excluding carboxylic acids is 1. The van der Waals surface area contributed by atoms with Crippen LogP contribution >= 0.6 is 0 Å². The number of aryl methyl sites for hydroxylation is 3. The lowest BCUT2D eigenvalue weighted by Gasteiger charge is -2.17. The summed E-state index contributed by atoms with van der Waals surface area (Å²) in [6.45, 7) is 7.36. The van der Waals surface area contributed by atoms with Gasteiger partial charge in [-0.2, -0.15) is 0 Å². The maximum absolute atomic E-state index is 11.8. The van der Waals surface area contributed by atoms with E-state index in [0.29, 0.717) is 5.56 Å². The molecule has 0 aliphatic rings. The average Bonchev–Trinajstić information content (AvgIpc) is 2.21. The van der Waals surface area contributed by atoms with Crippen LogP contribution in [-0.2, 0) is 9.59 Å². The second-order valence-corrected chi connectivity index (χ2v) is 4.40. The van der Waals surface area contributed by atoms with Crippen LogP contribution in [0.1, 0.15) is 41.5 Å². The van der Waals surface area contributed by atoms with Crippen LogP contribution in [0, 0.1) is 20.8 Å². The standard InChI is InChI=1S/C14H18O3/c1-5-11(15)13(14(16)17)12-9(3)6-8(2)7-10(12)4/h6-7,13H,5H2,1-4H3,(H,16,17). The van der Waals surface area contributed by atoms with Crippen LogP contribution in [-0.4, -0.2) is 16.9 Å². The zero-order chi connectivity index (χ0) is 13.2. The van der Waals surface area contributed by atoms with Crippen LogP contribution in [0.2, 0.25) is 0 Å². The Morgan fingerprint density at radius 2 is 1.65 bits per heavy atom. The number of carboxylic acid groups (broad SMARTS) is 1. The number of carboxylic acids is 1. The predicted molar refractivity (Wildman–Crippen MR) is 66.3 cm³/mol. The summed E-state index contributed by atoms with van der Waals surface area (Å²) in [5, 5.41) is 9.23. The molecule has 0 fully saturated rings. The summed E-state index contributed by atoms with van der Waals surface area (Å²) >= 11 is 0. The van der Waals surface area contributed by atoms with Gasteiger partial charge in [0.15, 0.2) is 5.78 Å². The van der Waals surface area contributed by atoms with Gasteiger partial charge in [0.1, 0.15) is 5.92 Å². The molecule has 0 bridgehead atoms. The Morgan fingerprint density at radius 1 is 1.18 bits per heavy atom. The van der Waals surface area contributed by atoms with Gasteiger partial charge in [0, 0.05) is 6.42 Å². The minimum atomic E-state index is -1.06. The molecule has 1 N–H and O–H groups in total. The Kier molecular flexibility index (Phi) is 4.05. The number of ketones is 1. The summed E-state index contributed by atoms with van der Waals surface area (Å²) < 4.78 is 0. The van der Waals surface area contributed by atoms with E-state index in [9.17, 15) is 14.7 Å². The van der Waals surface area contributed by atoms with Crippen LogP contribution in [0.4, 0.5) is 0 Å². The molecule has 0 aliphatic heterocycles. The van der Waals surface area contributed by atoms with E-state index in [1.807, 2.05) is 32.9 Å². The van der Waals surface area contributed by atoms with Gasteiger partial charge in [0.2, 0.25) is 0 Å². The molecule has 0 spiro atoms. The van der Waals surface area contributed by atoms with Gasteiger partial charge >= 0.3 is 5.97 Å². The molecule has 0 aromatic heterocycles. The first kappa shape index (κ1) is 13.4. The van der Waals surface area contributed by atoms with Crippen molar-refractivity contribution in [1.29, 1.82) is 0 Å². The van der Waals surface area contributed by atoms with E-state index in [-0.39, 0.29) is 12.2 Å². The van der Waals surface area contributed by atoms with E-state index in [0.717, 1.165) is 16.7 Å². The first-order valence-corrected chi connectivity index (χ1v) is 5.71. The van der Waals surface area contributed by atoms with Gasteiger partial charge in [-0.3, -0.25) is 9.59 Å². The molecule has 0 aliphatic carbocycles. The molecule has 1 atom stereocenters. The Hall–Kier alpha value is -1.64. The van der Waals surface area contributed by atoms with Crippen molar-refractivity contribution in [2.45, 2.75) is 40.0 Å². The topological polar surface area (TPSA) is 54.4 Å². The number of aliphatic carboxylic acids is 1. The van der Waals surface area contributed by atoms with Crippen LogP contribution in [0.5, 0.6) is 0 Å². The summed E-state index contributed by atoms with van der Waals surface area (Å²) in [7, 11) is 0. The van der Waals surface area contributed by atoms with Crippen molar-refractivity contribution in [2.75, 3.05) is 0 Å². The Bertz CT molecular complexity index is 438. The van der Waals surface area contributed by atoms with Crippen LogP contribution in [0.25, 0.3) is 0 Å². The molecule has 3 heteroatoms. The second-order valence-electron chi connectivity index (χ2n) is 4.40. The zero-order valence-electron chi connectivity index (χ0n) is 10.7. The maximum Gasteiger partial charge on any atom is 0.318 e. The van der Waals surface area contributed by atoms with Crippen LogP contribution < -0.4 is 0 Å². The largest absolute Gasteiger partial charge is 0.480 e. The van der Waals surface area contributed by atoms with Crippen molar-refractivity contribution >= 4 is 11.8 Å². The fraction of sp³-hybridized carbons (Fsp3) is 0.429. The van der Waals surface area contributed by atoms with E-state index >= 15 is 0 Å². The van der Waals surface area contributed by atoms with Gasteiger partial charge in [-0.25, -0.2) is 0 Å². The lowest BCUT2D eigenvalue weighted by Crippen LogP contribution is -2.23. The third kappa shape index (κ3) is 2.73. The Balaban J connectivity index is 3.38. The lowest BCUT2D eigenvalue weighted by atomic mass is 9.86. The van der Waals surface area contributed by atoms with E-state index in [1.165, 1.54) is 0 Å². The average molecular weight is 234 g/mol. The summed E-state index contributed by atoms with van der Waals surface area (Å²) in [6, 6.07) is 3.84. The molecular weight excluding hydrogens is 216 g/mol. The molecule has 0 saturated carbocycles. The molecule has 92 valence electrons. The van der Waals surface area contributed by atoms with Crippen molar-refractivity contribution in [3.8, 4) is 0 Å². The van der Waals surface area contributed by atoms with E-state index in [1.54, 1.807) is 6.92 Å². The quantitative estimate of drug-likeness (QED) is 0.815. The van der Waals surface area contributed by atoms with Gasteiger partial charge in [-0.1, -0.05) is 24.6 Å². The van der Waals surface area contributed by atoms with Gasteiger partial charge in [0.05, 0.1) is 0 Å². The highest BCUT2D eigenvalue weighted by atomic mass is 16.4. The first-order chi connectivity index (χ1) is 7.88. The van der Waals surface area contributed by atoms with Crippen LogP contribution in [0.3, 0.4) is 0 Å². The second kappa shape index (κ2) is 5.13. The number of hydrogen-bond acceptors (Lipinski definition) is 2. The number of benzene rings is 1. The van der Waals surface area contributed by atoms with Crippen molar-refractivity contribution in [1.82, 2.24) is 0 Å². The summed E-state index contributed by atoms with van der Waals surface area (Å²) in [5.74, 6) is -2.33. The fourth-order valence-electron chi connectivity index (χ4n) is 2.27. The minimum Gasteiger partial charge on any atom is -0.480 e. The van der Waals surface area contributed by atoms with E-state index < -0.39 is 11.9 Å². The highest BCUT2D eigenvalue weighted by molar-refractivity contribution is 6.04. The lowest BCUT2D eigenvalue weighted by molar-refractivity contribution is -0.142. The number of Topliss-reactive ketones (excluding diaryl/α,β-unsaturated/α-hetero) is 1. The van der Waals surface area contributed by atoms with Crippen molar-refractivity contribution in [2.24, 2.45) is 0 Å². The number of carbonyl (C=O) groups is 2. The molecule has 0 amide bonds. The third-order valence-electron chi connectivity index (χ3n) is 2.94. The summed E-state index contributed by atoms with van der Waals surface area (Å²) in [4.78, 5) is 23.0. The molecule has 1 rings (SSSR count). The molecule has 1 unspecified atom stereocenters. The molecule has 1 aromatic carbocycles. The highest BCUT2D eigenvalue weighted by Gasteiger charge is 2.29.